The Labute approximate surface area is 361 Å². The smallest absolute Gasteiger partial charge is 0.336 e. The molecule has 1 aliphatic rings. The van der Waals surface area contributed by atoms with Crippen molar-refractivity contribution in [3.05, 3.63) is 99.0 Å². The van der Waals surface area contributed by atoms with Gasteiger partial charge in [0.15, 0.2) is 10.5 Å². The van der Waals surface area contributed by atoms with Crippen molar-refractivity contribution >= 4 is 69.0 Å². The summed E-state index contributed by atoms with van der Waals surface area (Å²) < 4.78 is 23.5. The number of hydrogen-bond donors (Lipinski definition) is 4. The van der Waals surface area contributed by atoms with E-state index >= 15 is 0 Å². The summed E-state index contributed by atoms with van der Waals surface area (Å²) in [5.41, 5.74) is 0.107. The summed E-state index contributed by atoms with van der Waals surface area (Å²) in [5, 5.41) is 46.1. The third-order valence-corrected chi connectivity index (χ3v) is 12.1. The van der Waals surface area contributed by atoms with Crippen LogP contribution < -0.4 is 9.47 Å². The Morgan fingerprint density at radius 1 is 0.967 bits per heavy atom. The number of likely N-dealkylation sites (N-methyl/N-ethyl adjacent to an activating group) is 1. The molecule has 60 heavy (non-hydrogen) atoms. The zero-order valence-electron chi connectivity index (χ0n) is 33.5. The van der Waals surface area contributed by atoms with Crippen molar-refractivity contribution in [2.75, 3.05) is 53.7 Å². The zero-order chi connectivity index (χ0) is 44.3. The first-order valence-corrected chi connectivity index (χ1v) is 21.1. The molecule has 1 unspecified atom stereocenters. The maximum Gasteiger partial charge on any atom is 0.336 e. The normalized spacial score (nSPS) is 14.2. The van der Waals surface area contributed by atoms with Crippen LogP contribution in [0.25, 0.3) is 10.8 Å². The Bertz CT molecular complexity index is 2230. The molecule has 4 N–H and O–H groups in total. The van der Waals surface area contributed by atoms with E-state index in [9.17, 15) is 29.0 Å². The fraction of sp³-hybridized carbons (Fsp3) is 0.372. The second-order valence-corrected chi connectivity index (χ2v) is 16.6. The number of likely N-dealkylation sites (tertiary alicyclic amines) is 1. The first-order valence-electron chi connectivity index (χ1n) is 18.8. The van der Waals surface area contributed by atoms with Crippen LogP contribution in [0.15, 0.2) is 71.6 Å². The van der Waals surface area contributed by atoms with Crippen LogP contribution in [0.2, 0.25) is 10.0 Å². The molecule has 1 heterocycles. The summed E-state index contributed by atoms with van der Waals surface area (Å²) in [6.07, 6.45) is 2.16. The van der Waals surface area contributed by atoms with Gasteiger partial charge in [-0.3, -0.25) is 14.4 Å². The average Bonchev–Trinajstić information content (AvgIpc) is 3.21. The van der Waals surface area contributed by atoms with Gasteiger partial charge in [-0.05, 0) is 96.6 Å². The molecule has 4 aromatic carbocycles. The van der Waals surface area contributed by atoms with Gasteiger partial charge in [0.25, 0.3) is 5.91 Å². The van der Waals surface area contributed by atoms with Gasteiger partial charge in [0, 0.05) is 31.1 Å². The number of hydrogen-bond acceptors (Lipinski definition) is 10. The number of nitriles is 1. The maximum atomic E-state index is 14.1. The van der Waals surface area contributed by atoms with Crippen LogP contribution in [0.4, 0.5) is 0 Å². The van der Waals surface area contributed by atoms with Gasteiger partial charge >= 0.3 is 17.9 Å². The van der Waals surface area contributed by atoms with Crippen LogP contribution in [0.3, 0.4) is 0 Å². The lowest BCUT2D eigenvalue weighted by molar-refractivity contribution is -0.170. The lowest BCUT2D eigenvalue weighted by Gasteiger charge is -2.34. The van der Waals surface area contributed by atoms with Gasteiger partial charge in [-0.15, -0.1) is 0 Å². The van der Waals surface area contributed by atoms with E-state index < -0.39 is 47.5 Å². The number of piperidine rings is 1. The summed E-state index contributed by atoms with van der Waals surface area (Å²) >= 11 is 11.6. The summed E-state index contributed by atoms with van der Waals surface area (Å²) in [6, 6.07) is 23.1. The molecule has 1 amide bonds. The molecule has 5 rings (SSSR count). The number of carbonyl (C=O) groups is 4. The highest BCUT2D eigenvalue weighted by molar-refractivity contribution is 7.90. The minimum Gasteiger partial charge on any atom is -0.612 e. The molecule has 1 saturated heterocycles. The van der Waals surface area contributed by atoms with E-state index in [4.69, 9.17) is 53.1 Å². The van der Waals surface area contributed by atoms with Crippen molar-refractivity contribution in [1.29, 1.82) is 5.26 Å². The summed E-state index contributed by atoms with van der Waals surface area (Å²) in [4.78, 5) is 49.6. The molecule has 1 fully saturated rings. The van der Waals surface area contributed by atoms with Crippen LogP contribution >= 0.6 is 23.2 Å². The highest BCUT2D eigenvalue weighted by Crippen LogP contribution is 2.37. The first-order chi connectivity index (χ1) is 28.4. The zero-order valence-corrected chi connectivity index (χ0v) is 35.9. The van der Waals surface area contributed by atoms with Crippen LogP contribution in [-0.4, -0.2) is 118 Å². The van der Waals surface area contributed by atoms with E-state index in [-0.39, 0.29) is 17.6 Å². The van der Waals surface area contributed by atoms with Crippen molar-refractivity contribution in [3.8, 4) is 17.6 Å². The molecular formula is C43H47Cl2N3O11S. The van der Waals surface area contributed by atoms with Crippen molar-refractivity contribution in [3.63, 3.8) is 0 Å². The van der Waals surface area contributed by atoms with E-state index in [0.717, 1.165) is 71.4 Å². The molecule has 17 heteroatoms. The third-order valence-electron chi connectivity index (χ3n) is 10.4. The number of halogens is 2. The van der Waals surface area contributed by atoms with Gasteiger partial charge < -0.3 is 44.3 Å². The van der Waals surface area contributed by atoms with E-state index in [1.54, 1.807) is 37.4 Å². The number of carbonyl (C=O) groups excluding carboxylic acids is 1. The van der Waals surface area contributed by atoms with Crippen molar-refractivity contribution in [2.24, 2.45) is 0 Å². The molecule has 4 aromatic rings. The van der Waals surface area contributed by atoms with Gasteiger partial charge in [0.1, 0.15) is 23.8 Å². The number of carboxylic acids is 3. The van der Waals surface area contributed by atoms with Crippen LogP contribution in [0.5, 0.6) is 11.5 Å². The van der Waals surface area contributed by atoms with E-state index in [1.807, 2.05) is 48.5 Å². The van der Waals surface area contributed by atoms with Crippen molar-refractivity contribution in [1.82, 2.24) is 9.80 Å². The van der Waals surface area contributed by atoms with Gasteiger partial charge in [-0.2, -0.15) is 5.26 Å². The monoisotopic (exact) mass is 883 g/mol. The van der Waals surface area contributed by atoms with Gasteiger partial charge in [0.05, 0.1) is 48.2 Å². The molecule has 2 atom stereocenters. The summed E-state index contributed by atoms with van der Waals surface area (Å²) in [5.74, 6) is -3.93. The second kappa shape index (κ2) is 21.4. The molecule has 1 aliphatic heterocycles. The second-order valence-electron chi connectivity index (χ2n) is 14.5. The molecule has 320 valence electrons. The SMILES string of the molecule is COc1ccc(C2CCN(CCC(CN(C)C(=O)c3c(OC)c(C#N)cc4ccccc34)c3ccc(Cl)c(Cl)c3)CC2)c([S@+](C)[O-])c1.O=C(O)CC(O)(CC(=O)O)C(=O)O. The third kappa shape index (κ3) is 12.0. The fourth-order valence-electron chi connectivity index (χ4n) is 7.32. The molecule has 0 aromatic heterocycles. The Morgan fingerprint density at radius 2 is 1.62 bits per heavy atom. The van der Waals surface area contributed by atoms with E-state index in [0.29, 0.717) is 33.6 Å². The number of carboxylic acid groups (broad SMARTS) is 3. The highest BCUT2D eigenvalue weighted by atomic mass is 35.5. The average molecular weight is 885 g/mol. The topological polar surface area (TPSA) is 221 Å². The van der Waals surface area contributed by atoms with Crippen LogP contribution in [0, 0.1) is 11.3 Å². The molecule has 14 nitrogen and oxygen atoms in total. The van der Waals surface area contributed by atoms with E-state index in [2.05, 4.69) is 17.0 Å². The Morgan fingerprint density at radius 3 is 2.17 bits per heavy atom. The van der Waals surface area contributed by atoms with E-state index in [1.165, 1.54) is 7.11 Å². The quantitative estimate of drug-likeness (QED) is 0.0867. The highest BCUT2D eigenvalue weighted by Gasteiger charge is 2.41. The number of aliphatic carboxylic acids is 3. The van der Waals surface area contributed by atoms with Gasteiger partial charge in [-0.25, -0.2) is 4.79 Å². The predicted octanol–water partition coefficient (Wildman–Crippen LogP) is 6.65. The fourth-order valence-corrected chi connectivity index (χ4v) is 8.47. The number of methoxy groups -OCH3 is 2. The number of nitrogens with zero attached hydrogens (tertiary/aromatic N) is 3. The number of rotatable bonds is 16. The minimum atomic E-state index is -2.74. The molecule has 0 aliphatic carbocycles. The molecular weight excluding hydrogens is 837 g/mol. The number of aliphatic hydroxyl groups is 1. The van der Waals surface area contributed by atoms with Gasteiger partial charge in [-0.1, -0.05) is 59.6 Å². The summed E-state index contributed by atoms with van der Waals surface area (Å²) in [7, 11) is 4.90. The number of amides is 1. The molecule has 0 saturated carbocycles. The van der Waals surface area contributed by atoms with Crippen molar-refractivity contribution < 1.29 is 53.6 Å². The number of fused-ring (bicyclic) bond motifs is 1. The number of benzene rings is 4. The predicted molar refractivity (Wildman–Crippen MR) is 227 cm³/mol. The Kier molecular flexibility index (Phi) is 17.0. The minimum absolute atomic E-state index is 0.0245. The van der Waals surface area contributed by atoms with Crippen LogP contribution in [0.1, 0.15) is 71.0 Å². The summed E-state index contributed by atoms with van der Waals surface area (Å²) in [6.45, 7) is 3.10. The lowest BCUT2D eigenvalue weighted by Crippen LogP contribution is -2.42. The Balaban J connectivity index is 0.000000526. The first kappa shape index (κ1) is 47.6. The molecule has 0 radical (unpaired) electrons. The maximum absolute atomic E-state index is 14.1. The molecule has 0 spiro atoms. The van der Waals surface area contributed by atoms with Crippen molar-refractivity contribution in [2.45, 2.75) is 54.4 Å². The largest absolute Gasteiger partial charge is 0.612 e. The lowest BCUT2D eigenvalue weighted by atomic mass is 9.88. The van der Waals surface area contributed by atoms with Gasteiger partial charge in [0.2, 0.25) is 0 Å². The van der Waals surface area contributed by atoms with Crippen LogP contribution in [-0.2, 0) is 25.6 Å². The number of ether oxygens (including phenoxy) is 2. The molecule has 0 bridgehead atoms. The standard InChI is InChI=1S/C37H39Cl2N3O4S.C6H8O7/c1-41(37(43)35-31-8-6-5-7-26(31)19-28(22-40)36(35)46-3)23-27(25-9-12-32(38)33(39)20-25)15-18-42-16-13-24(14-17-42)30-11-10-29(45-2)21-34(30)47(4)44;7-3(8)1-6(13,5(11)12)2-4(9)10/h5-12,19-21,24,27H,13-18,23H2,1-4H3;13H,1-2H2,(H,7,8)(H,9,10)(H,11,12)/t27?,47-;/m0./s1. The Hall–Kier alpha value is -5.08.